The molecule has 0 radical (unpaired) electrons. The Labute approximate surface area is 258 Å². The number of nitrogens with zero attached hydrogens (tertiary/aromatic N) is 4. The van der Waals surface area contributed by atoms with E-state index in [-0.39, 0.29) is 41.8 Å². The van der Waals surface area contributed by atoms with Gasteiger partial charge in [0.25, 0.3) is 0 Å². The predicted octanol–water partition coefficient (Wildman–Crippen LogP) is 4.68. The summed E-state index contributed by atoms with van der Waals surface area (Å²) in [6, 6.07) is 16.2. The number of amides is 4. The number of carbonyl (C=O) groups excluding carboxylic acids is 3. The van der Waals surface area contributed by atoms with Crippen molar-refractivity contribution in [2.24, 2.45) is 5.92 Å². The van der Waals surface area contributed by atoms with Crippen LogP contribution in [0.4, 0.5) is 16.2 Å². The smallest absolute Gasteiger partial charge is 0.322 e. The molecule has 4 amide bonds. The molecule has 2 N–H and O–H groups in total. The lowest BCUT2D eigenvalue weighted by atomic mass is 10.0. The molecule has 9 nitrogen and oxygen atoms in total. The standard InChI is InChI=1S/C33H43N5O4S/c1-22(2)20-38-31(41)29(43-32(38)26-8-4-6-10-28(26)35-17-13-25(39)14-18-35)19-30(40)36-15-11-24(12-16-36)37-21-23-7-3-5-9-27(23)34-33(37)42/h3-10,22,24-25,29,32,39H,11-21H2,1-2H3,(H,34,42). The van der Waals surface area contributed by atoms with E-state index < -0.39 is 5.25 Å². The van der Waals surface area contributed by atoms with Gasteiger partial charge in [0, 0.05) is 68.7 Å². The van der Waals surface area contributed by atoms with Gasteiger partial charge < -0.3 is 30.0 Å². The Morgan fingerprint density at radius 2 is 1.67 bits per heavy atom. The summed E-state index contributed by atoms with van der Waals surface area (Å²) >= 11 is 1.60. The van der Waals surface area contributed by atoms with Crippen LogP contribution < -0.4 is 10.2 Å². The van der Waals surface area contributed by atoms with Gasteiger partial charge in [-0.25, -0.2) is 4.79 Å². The summed E-state index contributed by atoms with van der Waals surface area (Å²) < 4.78 is 0. The van der Waals surface area contributed by atoms with Crippen molar-refractivity contribution in [2.75, 3.05) is 42.9 Å². The third-order valence-corrected chi connectivity index (χ3v) is 10.6. The summed E-state index contributed by atoms with van der Waals surface area (Å²) in [5, 5.41) is 12.5. The topological polar surface area (TPSA) is 96.4 Å². The second-order valence-electron chi connectivity index (χ2n) is 12.7. The van der Waals surface area contributed by atoms with Crippen LogP contribution in [0.15, 0.2) is 48.5 Å². The van der Waals surface area contributed by atoms with Gasteiger partial charge in [-0.15, -0.1) is 11.8 Å². The number of thioether (sulfide) groups is 1. The van der Waals surface area contributed by atoms with E-state index >= 15 is 0 Å². The minimum Gasteiger partial charge on any atom is -0.393 e. The molecule has 0 bridgehead atoms. The van der Waals surface area contributed by atoms with E-state index in [2.05, 4.69) is 36.2 Å². The highest BCUT2D eigenvalue weighted by molar-refractivity contribution is 8.01. The van der Waals surface area contributed by atoms with E-state index in [0.717, 1.165) is 61.3 Å². The molecule has 0 aromatic heterocycles. The van der Waals surface area contributed by atoms with Gasteiger partial charge in [0.15, 0.2) is 0 Å². The highest BCUT2D eigenvalue weighted by atomic mass is 32.2. The Kier molecular flexibility index (Phi) is 8.86. The maximum Gasteiger partial charge on any atom is 0.322 e. The molecule has 4 heterocycles. The van der Waals surface area contributed by atoms with Crippen molar-refractivity contribution in [3.63, 3.8) is 0 Å². The second kappa shape index (κ2) is 12.8. The van der Waals surface area contributed by atoms with Crippen molar-refractivity contribution < 1.29 is 19.5 Å². The number of fused-ring (bicyclic) bond motifs is 1. The van der Waals surface area contributed by atoms with Gasteiger partial charge in [0.2, 0.25) is 11.8 Å². The molecule has 4 aliphatic rings. The normalized spacial score (nSPS) is 23.6. The first kappa shape index (κ1) is 29.8. The van der Waals surface area contributed by atoms with Crippen LogP contribution in [0.1, 0.15) is 62.5 Å². The molecule has 3 saturated heterocycles. The minimum absolute atomic E-state index is 0.0150. The molecule has 0 spiro atoms. The molecule has 2 aromatic rings. The van der Waals surface area contributed by atoms with E-state index in [1.807, 2.05) is 51.1 Å². The molecule has 3 fully saturated rings. The highest BCUT2D eigenvalue weighted by Gasteiger charge is 2.44. The van der Waals surface area contributed by atoms with E-state index in [1.165, 1.54) is 0 Å². The molecule has 6 rings (SSSR count). The number of anilines is 2. The fraction of sp³-hybridized carbons (Fsp3) is 0.545. The van der Waals surface area contributed by atoms with Crippen molar-refractivity contribution in [3.05, 3.63) is 59.7 Å². The Hall–Kier alpha value is -3.24. The molecule has 4 aliphatic heterocycles. The number of carbonyl (C=O) groups is 3. The Balaban J connectivity index is 1.11. The van der Waals surface area contributed by atoms with Gasteiger partial charge in [-0.05, 0) is 49.3 Å². The summed E-state index contributed by atoms with van der Waals surface area (Å²) in [7, 11) is 0. The third kappa shape index (κ3) is 6.36. The number of piperidine rings is 2. The maximum absolute atomic E-state index is 13.8. The molecule has 230 valence electrons. The first-order valence-corrected chi connectivity index (χ1v) is 16.6. The zero-order valence-electron chi connectivity index (χ0n) is 25.2. The van der Waals surface area contributed by atoms with Gasteiger partial charge in [-0.1, -0.05) is 50.2 Å². The number of aliphatic hydroxyl groups is 1. The van der Waals surface area contributed by atoms with Gasteiger partial charge in [-0.3, -0.25) is 9.59 Å². The molecular formula is C33H43N5O4S. The summed E-state index contributed by atoms with van der Waals surface area (Å²) in [5.41, 5.74) is 4.21. The lowest BCUT2D eigenvalue weighted by Gasteiger charge is -2.40. The number of nitrogens with one attached hydrogen (secondary N) is 1. The fourth-order valence-corrected chi connectivity index (χ4v) is 8.35. The number of hydrogen-bond donors (Lipinski definition) is 2. The summed E-state index contributed by atoms with van der Waals surface area (Å²) in [6.45, 7) is 8.22. The predicted molar refractivity (Wildman–Crippen MR) is 170 cm³/mol. The zero-order chi connectivity index (χ0) is 30.1. The Morgan fingerprint density at radius 3 is 2.42 bits per heavy atom. The molecule has 2 atom stereocenters. The largest absolute Gasteiger partial charge is 0.393 e. The number of para-hydroxylation sites is 2. The second-order valence-corrected chi connectivity index (χ2v) is 14.0. The molecule has 43 heavy (non-hydrogen) atoms. The lowest BCUT2D eigenvalue weighted by Crippen LogP contribution is -2.51. The van der Waals surface area contributed by atoms with Crippen LogP contribution in [-0.4, -0.2) is 87.8 Å². The number of aliphatic hydroxyl groups excluding tert-OH is 1. The fourth-order valence-electron chi connectivity index (χ4n) is 6.87. The van der Waals surface area contributed by atoms with E-state index in [0.29, 0.717) is 32.1 Å². The van der Waals surface area contributed by atoms with Crippen molar-refractivity contribution in [1.29, 1.82) is 0 Å². The average molecular weight is 606 g/mol. The van der Waals surface area contributed by atoms with Gasteiger partial charge in [0.1, 0.15) is 5.37 Å². The third-order valence-electron chi connectivity index (χ3n) is 9.18. The average Bonchev–Trinajstić information content (AvgIpc) is 3.30. The summed E-state index contributed by atoms with van der Waals surface area (Å²) in [4.78, 5) is 48.2. The van der Waals surface area contributed by atoms with Crippen LogP contribution in [0.2, 0.25) is 0 Å². The molecule has 2 unspecified atom stereocenters. The number of hydrogen-bond acceptors (Lipinski definition) is 6. The summed E-state index contributed by atoms with van der Waals surface area (Å²) in [5.74, 6) is 0.359. The van der Waals surface area contributed by atoms with E-state index in [1.54, 1.807) is 11.8 Å². The maximum atomic E-state index is 13.8. The number of benzene rings is 2. The van der Waals surface area contributed by atoms with E-state index in [4.69, 9.17) is 0 Å². The monoisotopic (exact) mass is 605 g/mol. The molecule has 0 saturated carbocycles. The van der Waals surface area contributed by atoms with Crippen LogP contribution in [0, 0.1) is 5.92 Å². The zero-order valence-corrected chi connectivity index (χ0v) is 26.0. The SMILES string of the molecule is CC(C)CN1C(=O)C(CC(=O)N2CCC(N3Cc4ccccc4NC3=O)CC2)SC1c1ccccc1N1CCC(O)CC1. The highest BCUT2D eigenvalue weighted by Crippen LogP contribution is 2.48. The quantitative estimate of drug-likeness (QED) is 0.476. The molecule has 10 heteroatoms. The van der Waals surface area contributed by atoms with Crippen LogP contribution in [0.5, 0.6) is 0 Å². The number of likely N-dealkylation sites (tertiary alicyclic amines) is 1. The van der Waals surface area contributed by atoms with Gasteiger partial charge in [0.05, 0.1) is 11.4 Å². The van der Waals surface area contributed by atoms with Crippen molar-refractivity contribution >= 4 is 41.0 Å². The Morgan fingerprint density at radius 1 is 0.977 bits per heavy atom. The number of rotatable bonds is 7. The van der Waals surface area contributed by atoms with Crippen LogP contribution in [-0.2, 0) is 16.1 Å². The van der Waals surface area contributed by atoms with Crippen LogP contribution >= 0.6 is 11.8 Å². The van der Waals surface area contributed by atoms with Crippen molar-refractivity contribution in [3.8, 4) is 0 Å². The van der Waals surface area contributed by atoms with Crippen molar-refractivity contribution in [2.45, 2.75) is 75.3 Å². The number of urea groups is 1. The Bertz CT molecular complexity index is 1340. The molecule has 2 aromatic carbocycles. The minimum atomic E-state index is -0.422. The van der Waals surface area contributed by atoms with Crippen LogP contribution in [0.25, 0.3) is 0 Å². The van der Waals surface area contributed by atoms with Crippen LogP contribution in [0.3, 0.4) is 0 Å². The first-order chi connectivity index (χ1) is 20.8. The van der Waals surface area contributed by atoms with E-state index in [9.17, 15) is 19.5 Å². The lowest BCUT2D eigenvalue weighted by molar-refractivity contribution is -0.137. The van der Waals surface area contributed by atoms with Crippen molar-refractivity contribution in [1.82, 2.24) is 14.7 Å². The molecule has 0 aliphatic carbocycles. The first-order valence-electron chi connectivity index (χ1n) is 15.7. The molecular weight excluding hydrogens is 562 g/mol. The van der Waals surface area contributed by atoms with Gasteiger partial charge in [-0.2, -0.15) is 0 Å². The summed E-state index contributed by atoms with van der Waals surface area (Å²) in [6.07, 6.45) is 2.88. The van der Waals surface area contributed by atoms with Gasteiger partial charge >= 0.3 is 6.03 Å².